The lowest BCUT2D eigenvalue weighted by atomic mass is 10.1. The van der Waals surface area contributed by atoms with Gasteiger partial charge in [0.05, 0.1) is 11.6 Å². The predicted molar refractivity (Wildman–Crippen MR) is 78.4 cm³/mol. The maximum absolute atomic E-state index is 13.8. The Hall–Kier alpha value is -2.23. The average molecular weight is 304 g/mol. The van der Waals surface area contributed by atoms with Crippen LogP contribution in [0, 0.1) is 17.7 Å². The molecule has 1 aromatic heterocycles. The van der Waals surface area contributed by atoms with E-state index >= 15 is 0 Å². The molecule has 0 aliphatic heterocycles. The van der Waals surface area contributed by atoms with E-state index in [4.69, 9.17) is 5.11 Å². The number of nitrogens with zero attached hydrogens (tertiary/aromatic N) is 1. The number of rotatable bonds is 3. The van der Waals surface area contributed by atoms with Gasteiger partial charge in [0.2, 0.25) is 0 Å². The Kier molecular flexibility index (Phi) is 5.04. The predicted octanol–water partition coefficient (Wildman–Crippen LogP) is 2.12. The summed E-state index contributed by atoms with van der Waals surface area (Å²) in [6.45, 7) is 1.47. The smallest absolute Gasteiger partial charge is 0.251 e. The lowest BCUT2D eigenvalue weighted by Crippen LogP contribution is -2.26. The van der Waals surface area contributed by atoms with Crippen molar-refractivity contribution in [2.45, 2.75) is 13.0 Å². The van der Waals surface area contributed by atoms with Gasteiger partial charge in [-0.2, -0.15) is 0 Å². The first-order valence-electron chi connectivity index (χ1n) is 6.21. The average Bonchev–Trinajstić information content (AvgIpc) is 3.00. The molecule has 21 heavy (non-hydrogen) atoms. The van der Waals surface area contributed by atoms with Crippen molar-refractivity contribution in [2.75, 3.05) is 6.61 Å². The van der Waals surface area contributed by atoms with Crippen LogP contribution in [0.15, 0.2) is 29.8 Å². The number of aromatic nitrogens is 1. The summed E-state index contributed by atoms with van der Waals surface area (Å²) >= 11 is 1.44. The molecule has 1 atom stereocenters. The first-order chi connectivity index (χ1) is 10.1. The van der Waals surface area contributed by atoms with Gasteiger partial charge >= 0.3 is 0 Å². The van der Waals surface area contributed by atoms with Crippen molar-refractivity contribution in [3.05, 3.63) is 51.7 Å². The van der Waals surface area contributed by atoms with Crippen molar-refractivity contribution < 1.29 is 14.3 Å². The summed E-state index contributed by atoms with van der Waals surface area (Å²) in [5, 5.41) is 14.0. The fourth-order valence-electron chi connectivity index (χ4n) is 1.68. The molecule has 0 fully saturated rings. The summed E-state index contributed by atoms with van der Waals surface area (Å²) in [4.78, 5) is 16.2. The van der Waals surface area contributed by atoms with Gasteiger partial charge in [0.25, 0.3) is 5.91 Å². The number of amides is 1. The van der Waals surface area contributed by atoms with Crippen molar-refractivity contribution in [1.29, 1.82) is 0 Å². The number of aliphatic hydroxyl groups is 1. The summed E-state index contributed by atoms with van der Waals surface area (Å²) in [7, 11) is 0. The Balaban J connectivity index is 2.11. The number of nitrogens with one attached hydrogen (secondary N) is 1. The first kappa shape index (κ1) is 15.2. The molecule has 0 radical (unpaired) electrons. The summed E-state index contributed by atoms with van der Waals surface area (Å²) < 4.78 is 13.8. The maximum atomic E-state index is 13.8. The quantitative estimate of drug-likeness (QED) is 0.854. The largest absolute Gasteiger partial charge is 0.384 e. The second-order valence-electron chi connectivity index (χ2n) is 4.22. The highest BCUT2D eigenvalue weighted by atomic mass is 32.1. The van der Waals surface area contributed by atoms with Crippen LogP contribution in [-0.4, -0.2) is 22.6 Å². The summed E-state index contributed by atoms with van der Waals surface area (Å²) in [6, 6.07) is 3.80. The van der Waals surface area contributed by atoms with E-state index in [9.17, 15) is 9.18 Å². The lowest BCUT2D eigenvalue weighted by Gasteiger charge is -2.11. The van der Waals surface area contributed by atoms with E-state index in [0.29, 0.717) is 0 Å². The van der Waals surface area contributed by atoms with Gasteiger partial charge in [-0.3, -0.25) is 4.79 Å². The molecular formula is C15H13FN2O2S. The third-order valence-electron chi connectivity index (χ3n) is 2.70. The van der Waals surface area contributed by atoms with Gasteiger partial charge in [0, 0.05) is 17.1 Å². The number of carbonyl (C=O) groups is 1. The van der Waals surface area contributed by atoms with Gasteiger partial charge in [-0.1, -0.05) is 11.8 Å². The van der Waals surface area contributed by atoms with Crippen molar-refractivity contribution in [3.8, 4) is 11.8 Å². The van der Waals surface area contributed by atoms with E-state index < -0.39 is 5.82 Å². The minimum atomic E-state index is -0.592. The van der Waals surface area contributed by atoms with Crippen LogP contribution in [0.4, 0.5) is 4.39 Å². The van der Waals surface area contributed by atoms with Crippen LogP contribution in [0.2, 0.25) is 0 Å². The van der Waals surface area contributed by atoms with Crippen LogP contribution in [0.25, 0.3) is 0 Å². The number of aliphatic hydroxyl groups excluding tert-OH is 1. The van der Waals surface area contributed by atoms with Crippen molar-refractivity contribution in [1.82, 2.24) is 10.3 Å². The lowest BCUT2D eigenvalue weighted by molar-refractivity contribution is 0.0939. The molecule has 1 unspecified atom stereocenters. The zero-order chi connectivity index (χ0) is 15.2. The fourth-order valence-corrected chi connectivity index (χ4v) is 2.33. The van der Waals surface area contributed by atoms with Crippen LogP contribution < -0.4 is 5.32 Å². The molecule has 6 heteroatoms. The second-order valence-corrected chi connectivity index (χ2v) is 5.15. The van der Waals surface area contributed by atoms with Gasteiger partial charge in [0.1, 0.15) is 17.4 Å². The zero-order valence-corrected chi connectivity index (χ0v) is 12.1. The highest BCUT2D eigenvalue weighted by Crippen LogP contribution is 2.16. The normalized spacial score (nSPS) is 11.4. The van der Waals surface area contributed by atoms with Crippen molar-refractivity contribution in [3.63, 3.8) is 0 Å². The molecule has 1 amide bonds. The van der Waals surface area contributed by atoms with Crippen LogP contribution in [0.3, 0.4) is 0 Å². The van der Waals surface area contributed by atoms with Gasteiger partial charge in [-0.25, -0.2) is 9.37 Å². The number of thiazole rings is 1. The van der Waals surface area contributed by atoms with Gasteiger partial charge in [-0.15, -0.1) is 11.3 Å². The Morgan fingerprint density at radius 3 is 3.00 bits per heavy atom. The highest BCUT2D eigenvalue weighted by molar-refractivity contribution is 7.09. The van der Waals surface area contributed by atoms with E-state index in [1.807, 2.05) is 12.3 Å². The van der Waals surface area contributed by atoms with E-state index in [1.165, 1.54) is 23.5 Å². The minimum Gasteiger partial charge on any atom is -0.384 e. The Labute approximate surface area is 125 Å². The zero-order valence-electron chi connectivity index (χ0n) is 11.3. The molecular weight excluding hydrogens is 291 g/mol. The molecule has 4 nitrogen and oxygen atoms in total. The molecule has 1 heterocycles. The standard InChI is InChI=1S/C15H13FN2O2S/c1-10(15-17-6-8-21-15)18-14(20)12-5-4-11(3-2-7-19)13(16)9-12/h4-6,8-10,19H,7H2,1H3,(H,18,20). The monoisotopic (exact) mass is 304 g/mol. The van der Waals surface area contributed by atoms with Crippen molar-refractivity contribution >= 4 is 17.2 Å². The van der Waals surface area contributed by atoms with Gasteiger partial charge in [-0.05, 0) is 25.1 Å². The van der Waals surface area contributed by atoms with E-state index in [-0.39, 0.29) is 29.7 Å². The Morgan fingerprint density at radius 2 is 2.38 bits per heavy atom. The molecule has 0 saturated heterocycles. The number of halogens is 1. The fraction of sp³-hybridized carbons (Fsp3) is 0.200. The molecule has 2 aromatic rings. The number of carbonyl (C=O) groups excluding carboxylic acids is 1. The van der Waals surface area contributed by atoms with Gasteiger partial charge < -0.3 is 10.4 Å². The highest BCUT2D eigenvalue weighted by Gasteiger charge is 2.14. The van der Waals surface area contributed by atoms with Crippen LogP contribution in [0.1, 0.15) is 33.9 Å². The Morgan fingerprint density at radius 1 is 1.57 bits per heavy atom. The molecule has 0 saturated carbocycles. The third kappa shape index (κ3) is 3.88. The molecule has 2 N–H and O–H groups in total. The number of hydrogen-bond donors (Lipinski definition) is 2. The second kappa shape index (κ2) is 6.97. The summed E-state index contributed by atoms with van der Waals surface area (Å²) in [6.07, 6.45) is 1.66. The Bertz CT molecular complexity index is 689. The van der Waals surface area contributed by atoms with Crippen molar-refractivity contribution in [2.24, 2.45) is 0 Å². The van der Waals surface area contributed by atoms with Crippen LogP contribution >= 0.6 is 11.3 Å². The number of hydrogen-bond acceptors (Lipinski definition) is 4. The maximum Gasteiger partial charge on any atom is 0.251 e. The summed E-state index contributed by atoms with van der Waals surface area (Å²) in [5.41, 5.74) is 0.360. The van der Waals surface area contributed by atoms with E-state index in [2.05, 4.69) is 22.1 Å². The van der Waals surface area contributed by atoms with Gasteiger partial charge in [0.15, 0.2) is 0 Å². The van der Waals surface area contributed by atoms with E-state index in [0.717, 1.165) is 11.1 Å². The SMILES string of the molecule is CC(NC(=O)c1ccc(C#CCO)c(F)c1)c1nccs1. The number of benzene rings is 1. The minimum absolute atomic E-state index is 0.147. The van der Waals surface area contributed by atoms with Crippen LogP contribution in [-0.2, 0) is 0 Å². The molecule has 0 spiro atoms. The third-order valence-corrected chi connectivity index (χ3v) is 3.66. The molecule has 2 rings (SSSR count). The molecule has 1 aromatic carbocycles. The molecule has 0 aliphatic carbocycles. The summed E-state index contributed by atoms with van der Waals surface area (Å²) in [5.74, 6) is 3.87. The topological polar surface area (TPSA) is 62.2 Å². The van der Waals surface area contributed by atoms with Crippen LogP contribution in [0.5, 0.6) is 0 Å². The molecule has 0 aliphatic rings. The molecule has 0 bridgehead atoms. The first-order valence-corrected chi connectivity index (χ1v) is 7.09. The molecule has 108 valence electrons. The van der Waals surface area contributed by atoms with E-state index in [1.54, 1.807) is 6.20 Å².